The molecule has 0 spiro atoms. The van der Waals surface area contributed by atoms with Crippen molar-refractivity contribution in [2.24, 2.45) is 0 Å². The second kappa shape index (κ2) is 6.96. The number of likely N-dealkylation sites (N-methyl/N-ethyl adjacent to an activating group) is 1. The first kappa shape index (κ1) is 16.5. The van der Waals surface area contributed by atoms with Gasteiger partial charge in [0, 0.05) is 20.6 Å². The lowest BCUT2D eigenvalue weighted by Gasteiger charge is -2.42. The smallest absolute Gasteiger partial charge is 0.320 e. The SMILES string of the molecule is CCOC(=O)CN1CC(C(=O)N(C)C)OC2=CC=C(C)CC21. The van der Waals surface area contributed by atoms with E-state index in [-0.39, 0.29) is 24.5 Å². The maximum absolute atomic E-state index is 12.2. The zero-order valence-corrected chi connectivity index (χ0v) is 13.7. The van der Waals surface area contributed by atoms with Crippen molar-refractivity contribution in [2.45, 2.75) is 32.4 Å². The van der Waals surface area contributed by atoms with E-state index in [0.29, 0.717) is 13.2 Å². The van der Waals surface area contributed by atoms with Crippen molar-refractivity contribution in [2.75, 3.05) is 33.8 Å². The molecule has 6 heteroatoms. The van der Waals surface area contributed by atoms with E-state index in [1.807, 2.05) is 24.0 Å². The highest BCUT2D eigenvalue weighted by molar-refractivity contribution is 5.81. The predicted octanol–water partition coefficient (Wildman–Crippen LogP) is 0.941. The first-order valence-corrected chi connectivity index (χ1v) is 7.57. The number of esters is 1. The van der Waals surface area contributed by atoms with E-state index in [1.54, 1.807) is 21.0 Å². The van der Waals surface area contributed by atoms with Crippen LogP contribution in [-0.4, -0.2) is 67.6 Å². The van der Waals surface area contributed by atoms with Crippen molar-refractivity contribution in [1.82, 2.24) is 9.80 Å². The van der Waals surface area contributed by atoms with Crippen LogP contribution in [-0.2, 0) is 19.1 Å². The summed E-state index contributed by atoms with van der Waals surface area (Å²) in [5, 5.41) is 0. The number of hydrogen-bond donors (Lipinski definition) is 0. The molecule has 1 saturated heterocycles. The number of morpholine rings is 1. The van der Waals surface area contributed by atoms with Gasteiger partial charge in [-0.1, -0.05) is 11.6 Å². The standard InChI is InChI=1S/C16H24N2O4/c1-5-21-15(19)10-18-9-14(16(20)17(3)4)22-13-7-6-11(2)8-12(13)18/h6-7,12,14H,5,8-10H2,1-4H3. The number of fused-ring (bicyclic) bond motifs is 1. The normalized spacial score (nSPS) is 24.5. The highest BCUT2D eigenvalue weighted by Gasteiger charge is 2.39. The van der Waals surface area contributed by atoms with Crippen molar-refractivity contribution in [3.05, 3.63) is 23.5 Å². The van der Waals surface area contributed by atoms with Crippen LogP contribution < -0.4 is 0 Å². The number of carbonyl (C=O) groups is 2. The minimum atomic E-state index is -0.585. The fourth-order valence-corrected chi connectivity index (χ4v) is 2.74. The molecule has 1 aliphatic heterocycles. The van der Waals surface area contributed by atoms with Gasteiger partial charge in [-0.25, -0.2) is 0 Å². The number of rotatable bonds is 4. The maximum Gasteiger partial charge on any atom is 0.320 e. The minimum Gasteiger partial charge on any atom is -0.482 e. The highest BCUT2D eigenvalue weighted by Crippen LogP contribution is 2.30. The van der Waals surface area contributed by atoms with Crippen molar-refractivity contribution in [3.8, 4) is 0 Å². The molecule has 0 aromatic heterocycles. The number of allylic oxidation sites excluding steroid dienone is 2. The van der Waals surface area contributed by atoms with Crippen molar-refractivity contribution in [3.63, 3.8) is 0 Å². The Hall–Kier alpha value is -1.82. The van der Waals surface area contributed by atoms with Crippen LogP contribution in [0.3, 0.4) is 0 Å². The van der Waals surface area contributed by atoms with Gasteiger partial charge in [0.1, 0.15) is 5.76 Å². The Morgan fingerprint density at radius 1 is 1.41 bits per heavy atom. The van der Waals surface area contributed by atoms with E-state index in [0.717, 1.165) is 12.2 Å². The topological polar surface area (TPSA) is 59.1 Å². The summed E-state index contributed by atoms with van der Waals surface area (Å²) in [6.45, 7) is 4.76. The molecule has 0 aromatic carbocycles. The summed E-state index contributed by atoms with van der Waals surface area (Å²) in [6, 6.07) is 0.000573. The fourth-order valence-electron chi connectivity index (χ4n) is 2.74. The van der Waals surface area contributed by atoms with Crippen molar-refractivity contribution >= 4 is 11.9 Å². The number of amides is 1. The second-order valence-electron chi connectivity index (χ2n) is 5.88. The van der Waals surface area contributed by atoms with E-state index in [9.17, 15) is 9.59 Å². The van der Waals surface area contributed by atoms with Crippen LogP contribution in [0.4, 0.5) is 0 Å². The Labute approximate surface area is 131 Å². The second-order valence-corrected chi connectivity index (χ2v) is 5.88. The van der Waals surface area contributed by atoms with Gasteiger partial charge < -0.3 is 14.4 Å². The summed E-state index contributed by atoms with van der Waals surface area (Å²) in [5.74, 6) is 0.382. The molecule has 0 aromatic rings. The lowest BCUT2D eigenvalue weighted by Crippen LogP contribution is -2.54. The molecule has 1 aliphatic carbocycles. The molecule has 0 N–H and O–H groups in total. The molecular weight excluding hydrogens is 284 g/mol. The van der Waals surface area contributed by atoms with Gasteiger partial charge in [0.25, 0.3) is 5.91 Å². The van der Waals surface area contributed by atoms with Crippen LogP contribution >= 0.6 is 0 Å². The molecule has 6 nitrogen and oxygen atoms in total. The average Bonchev–Trinajstić information content (AvgIpc) is 2.46. The van der Waals surface area contributed by atoms with Crippen LogP contribution in [0.15, 0.2) is 23.5 Å². The molecule has 2 unspecified atom stereocenters. The zero-order chi connectivity index (χ0) is 16.3. The lowest BCUT2D eigenvalue weighted by atomic mass is 9.96. The highest BCUT2D eigenvalue weighted by atomic mass is 16.5. The Bertz CT molecular complexity index is 510. The Kier molecular flexibility index (Phi) is 5.24. The summed E-state index contributed by atoms with van der Waals surface area (Å²) in [4.78, 5) is 27.5. The number of carbonyl (C=O) groups excluding carboxylic acids is 2. The van der Waals surface area contributed by atoms with Crippen LogP contribution in [0.1, 0.15) is 20.3 Å². The van der Waals surface area contributed by atoms with E-state index in [4.69, 9.17) is 9.47 Å². The van der Waals surface area contributed by atoms with Crippen molar-refractivity contribution in [1.29, 1.82) is 0 Å². The van der Waals surface area contributed by atoms with Gasteiger partial charge in [0.05, 0.1) is 19.2 Å². The Balaban J connectivity index is 2.18. The molecule has 2 atom stereocenters. The summed E-state index contributed by atoms with van der Waals surface area (Å²) in [5.41, 5.74) is 1.23. The first-order chi connectivity index (χ1) is 10.4. The van der Waals surface area contributed by atoms with Gasteiger partial charge in [-0.3, -0.25) is 14.5 Å². The first-order valence-electron chi connectivity index (χ1n) is 7.57. The van der Waals surface area contributed by atoms with E-state index in [2.05, 4.69) is 0 Å². The molecule has 1 fully saturated rings. The largest absolute Gasteiger partial charge is 0.482 e. The third-order valence-corrected chi connectivity index (χ3v) is 3.85. The molecular formula is C16H24N2O4. The maximum atomic E-state index is 12.2. The summed E-state index contributed by atoms with van der Waals surface area (Å²) in [6.07, 6.45) is 4.11. The van der Waals surface area contributed by atoms with Gasteiger partial charge >= 0.3 is 5.97 Å². The third-order valence-electron chi connectivity index (χ3n) is 3.85. The molecule has 0 bridgehead atoms. The minimum absolute atomic E-state index is 0.000573. The van der Waals surface area contributed by atoms with Crippen LogP contribution in [0.5, 0.6) is 0 Å². The quantitative estimate of drug-likeness (QED) is 0.724. The third kappa shape index (κ3) is 3.68. The van der Waals surface area contributed by atoms with Gasteiger partial charge in [0.2, 0.25) is 0 Å². The van der Waals surface area contributed by atoms with Gasteiger partial charge in [-0.15, -0.1) is 0 Å². The summed E-state index contributed by atoms with van der Waals surface area (Å²) >= 11 is 0. The molecule has 22 heavy (non-hydrogen) atoms. The predicted molar refractivity (Wildman–Crippen MR) is 82.0 cm³/mol. The summed E-state index contributed by atoms with van der Waals surface area (Å²) < 4.78 is 10.9. The van der Waals surface area contributed by atoms with Crippen LogP contribution in [0.2, 0.25) is 0 Å². The van der Waals surface area contributed by atoms with E-state index < -0.39 is 6.10 Å². The van der Waals surface area contributed by atoms with Gasteiger partial charge in [-0.05, 0) is 26.3 Å². The fraction of sp³-hybridized carbons (Fsp3) is 0.625. The molecule has 1 amide bonds. The van der Waals surface area contributed by atoms with Crippen LogP contribution in [0.25, 0.3) is 0 Å². The molecule has 2 rings (SSSR count). The van der Waals surface area contributed by atoms with E-state index >= 15 is 0 Å². The van der Waals surface area contributed by atoms with E-state index in [1.165, 1.54) is 10.5 Å². The average molecular weight is 308 g/mol. The molecule has 1 heterocycles. The molecule has 0 radical (unpaired) electrons. The number of hydrogen-bond acceptors (Lipinski definition) is 5. The molecule has 2 aliphatic rings. The van der Waals surface area contributed by atoms with Gasteiger partial charge in [0.15, 0.2) is 6.10 Å². The zero-order valence-electron chi connectivity index (χ0n) is 13.7. The molecule has 0 saturated carbocycles. The number of nitrogens with zero attached hydrogens (tertiary/aromatic N) is 2. The van der Waals surface area contributed by atoms with Gasteiger partial charge in [-0.2, -0.15) is 0 Å². The Morgan fingerprint density at radius 2 is 2.14 bits per heavy atom. The van der Waals surface area contributed by atoms with Crippen molar-refractivity contribution < 1.29 is 19.1 Å². The number of ether oxygens (including phenoxy) is 2. The lowest BCUT2D eigenvalue weighted by molar-refractivity contribution is -0.152. The molecule has 122 valence electrons. The Morgan fingerprint density at radius 3 is 2.77 bits per heavy atom. The monoisotopic (exact) mass is 308 g/mol. The summed E-state index contributed by atoms with van der Waals surface area (Å²) in [7, 11) is 3.40. The van der Waals surface area contributed by atoms with Crippen LogP contribution in [0, 0.1) is 0 Å².